The molecule has 180 valence electrons. The van der Waals surface area contributed by atoms with Gasteiger partial charge >= 0.3 is 6.18 Å². The summed E-state index contributed by atoms with van der Waals surface area (Å²) in [6.07, 6.45) is 2.91. The molecule has 0 saturated heterocycles. The standard InChI is InChI=1S/C30H24F3N3/c1-29(16-5-17-29)23-12-10-22(11-13-23)27-26(20-6-3-2-4-7-20)19-36-28(35-27)25(18-34-36)21-8-14-24(15-9-21)30(31,32)33/h2-4,6-15,18-19H,5,16-17H2,1H3. The van der Waals surface area contributed by atoms with Gasteiger partial charge in [0.05, 0.1) is 17.5 Å². The van der Waals surface area contributed by atoms with E-state index in [2.05, 4.69) is 36.3 Å². The number of hydrogen-bond donors (Lipinski definition) is 0. The smallest absolute Gasteiger partial charge is 0.227 e. The quantitative estimate of drug-likeness (QED) is 0.258. The maximum Gasteiger partial charge on any atom is 0.416 e. The van der Waals surface area contributed by atoms with Gasteiger partial charge in [0.25, 0.3) is 0 Å². The number of hydrogen-bond acceptors (Lipinski definition) is 2. The fourth-order valence-electron chi connectivity index (χ4n) is 5.03. The molecule has 6 heteroatoms. The molecule has 1 fully saturated rings. The van der Waals surface area contributed by atoms with Gasteiger partial charge in [-0.25, -0.2) is 9.50 Å². The molecule has 0 radical (unpaired) electrons. The Hall–Kier alpha value is -3.93. The molecular formula is C30H24F3N3. The molecule has 0 bridgehead atoms. The Bertz CT molecular complexity index is 1530. The lowest BCUT2D eigenvalue weighted by Gasteiger charge is -2.39. The van der Waals surface area contributed by atoms with Crippen LogP contribution in [0.1, 0.15) is 37.3 Å². The zero-order valence-electron chi connectivity index (χ0n) is 19.8. The van der Waals surface area contributed by atoms with Crippen molar-refractivity contribution >= 4 is 5.65 Å². The second-order valence-electron chi connectivity index (χ2n) is 9.76. The number of fused-ring (bicyclic) bond motifs is 1. The highest BCUT2D eigenvalue weighted by molar-refractivity contribution is 5.85. The molecule has 3 nitrogen and oxygen atoms in total. The molecule has 3 aromatic carbocycles. The van der Waals surface area contributed by atoms with Gasteiger partial charge in [0, 0.05) is 22.9 Å². The lowest BCUT2D eigenvalue weighted by molar-refractivity contribution is -0.137. The molecule has 0 aliphatic heterocycles. The molecule has 0 atom stereocenters. The number of rotatable bonds is 4. The maximum absolute atomic E-state index is 13.1. The lowest BCUT2D eigenvalue weighted by Crippen LogP contribution is -2.30. The van der Waals surface area contributed by atoms with E-state index in [1.165, 1.54) is 37.0 Å². The first-order chi connectivity index (χ1) is 17.3. The first kappa shape index (κ1) is 22.5. The van der Waals surface area contributed by atoms with Crippen molar-refractivity contribution in [2.24, 2.45) is 0 Å². The Balaban J connectivity index is 1.49. The van der Waals surface area contributed by atoms with Gasteiger partial charge in [0.2, 0.25) is 0 Å². The Labute approximate surface area is 207 Å². The maximum atomic E-state index is 13.1. The zero-order valence-corrected chi connectivity index (χ0v) is 19.8. The van der Waals surface area contributed by atoms with E-state index in [-0.39, 0.29) is 5.41 Å². The third-order valence-electron chi connectivity index (χ3n) is 7.41. The molecule has 6 rings (SSSR count). The van der Waals surface area contributed by atoms with E-state index in [9.17, 15) is 13.2 Å². The summed E-state index contributed by atoms with van der Waals surface area (Å²) in [6.45, 7) is 2.31. The number of aromatic nitrogens is 3. The van der Waals surface area contributed by atoms with Crippen LogP contribution in [0.25, 0.3) is 39.2 Å². The fourth-order valence-corrected chi connectivity index (χ4v) is 5.03. The van der Waals surface area contributed by atoms with Crippen LogP contribution in [-0.2, 0) is 11.6 Å². The van der Waals surface area contributed by atoms with Crippen LogP contribution in [0.2, 0.25) is 0 Å². The van der Waals surface area contributed by atoms with Crippen LogP contribution >= 0.6 is 0 Å². The predicted octanol–water partition coefficient (Wildman–Crippen LogP) is 8.19. The average Bonchev–Trinajstić information content (AvgIpc) is 3.30. The largest absolute Gasteiger partial charge is 0.416 e. The Morgan fingerprint density at radius 3 is 2.03 bits per heavy atom. The molecule has 1 aliphatic rings. The number of benzene rings is 3. The van der Waals surface area contributed by atoms with Crippen LogP contribution in [0.15, 0.2) is 91.3 Å². The summed E-state index contributed by atoms with van der Waals surface area (Å²) in [5.41, 5.74) is 6.59. The highest BCUT2D eigenvalue weighted by Gasteiger charge is 2.33. The number of halogens is 3. The molecule has 1 saturated carbocycles. The van der Waals surface area contributed by atoms with Crippen molar-refractivity contribution in [2.45, 2.75) is 37.8 Å². The van der Waals surface area contributed by atoms with Gasteiger partial charge in [-0.15, -0.1) is 0 Å². The third-order valence-corrected chi connectivity index (χ3v) is 7.41. The Morgan fingerprint density at radius 2 is 1.42 bits per heavy atom. The topological polar surface area (TPSA) is 30.2 Å². The molecule has 0 amide bonds. The van der Waals surface area contributed by atoms with E-state index >= 15 is 0 Å². The third kappa shape index (κ3) is 3.87. The molecule has 1 aliphatic carbocycles. The Kier molecular flexibility index (Phi) is 5.21. The van der Waals surface area contributed by atoms with Gasteiger partial charge < -0.3 is 0 Å². The molecule has 2 aromatic heterocycles. The van der Waals surface area contributed by atoms with Crippen LogP contribution in [0.5, 0.6) is 0 Å². The van der Waals surface area contributed by atoms with Crippen LogP contribution in [0.4, 0.5) is 13.2 Å². The second kappa shape index (κ2) is 8.33. The van der Waals surface area contributed by atoms with Gasteiger partial charge in [-0.2, -0.15) is 18.3 Å². The minimum Gasteiger partial charge on any atom is -0.227 e. The first-order valence-corrected chi connectivity index (χ1v) is 12.0. The minimum absolute atomic E-state index is 0.249. The van der Waals surface area contributed by atoms with Crippen molar-refractivity contribution in [3.05, 3.63) is 102 Å². The highest BCUT2D eigenvalue weighted by Crippen LogP contribution is 2.44. The van der Waals surface area contributed by atoms with Gasteiger partial charge in [-0.3, -0.25) is 0 Å². The van der Waals surface area contributed by atoms with Crippen molar-refractivity contribution in [2.75, 3.05) is 0 Å². The molecule has 5 aromatic rings. The number of alkyl halides is 3. The fraction of sp³-hybridized carbons (Fsp3) is 0.200. The summed E-state index contributed by atoms with van der Waals surface area (Å²) in [5, 5.41) is 4.48. The summed E-state index contributed by atoms with van der Waals surface area (Å²) in [4.78, 5) is 5.03. The summed E-state index contributed by atoms with van der Waals surface area (Å²) in [5.74, 6) is 0. The SMILES string of the molecule is CC1(c2ccc(-c3nc4c(-c5ccc(C(F)(F)F)cc5)cnn4cc3-c3ccccc3)cc2)CCC1. The van der Waals surface area contributed by atoms with E-state index < -0.39 is 11.7 Å². The van der Waals surface area contributed by atoms with Crippen molar-refractivity contribution in [3.8, 4) is 33.5 Å². The molecule has 0 N–H and O–H groups in total. The lowest BCUT2D eigenvalue weighted by atomic mass is 9.66. The van der Waals surface area contributed by atoms with Crippen molar-refractivity contribution < 1.29 is 13.2 Å². The predicted molar refractivity (Wildman–Crippen MR) is 135 cm³/mol. The number of nitrogens with zero attached hydrogens (tertiary/aromatic N) is 3. The molecule has 2 heterocycles. The minimum atomic E-state index is -4.38. The van der Waals surface area contributed by atoms with E-state index in [0.29, 0.717) is 16.8 Å². The van der Waals surface area contributed by atoms with Gasteiger partial charge in [-0.1, -0.05) is 80.1 Å². The molecule has 36 heavy (non-hydrogen) atoms. The summed E-state index contributed by atoms with van der Waals surface area (Å²) >= 11 is 0. The van der Waals surface area contributed by atoms with Crippen molar-refractivity contribution in [1.82, 2.24) is 14.6 Å². The van der Waals surface area contributed by atoms with E-state index in [4.69, 9.17) is 4.98 Å². The Morgan fingerprint density at radius 1 is 0.778 bits per heavy atom. The summed E-state index contributed by atoms with van der Waals surface area (Å²) in [6, 6.07) is 23.8. The van der Waals surface area contributed by atoms with Gasteiger partial charge in [0.1, 0.15) is 0 Å². The van der Waals surface area contributed by atoms with Crippen LogP contribution in [0, 0.1) is 0 Å². The van der Waals surface area contributed by atoms with Crippen LogP contribution in [-0.4, -0.2) is 14.6 Å². The van der Waals surface area contributed by atoms with E-state index in [1.54, 1.807) is 10.7 Å². The van der Waals surface area contributed by atoms with Gasteiger partial charge in [-0.05, 0) is 47.1 Å². The van der Waals surface area contributed by atoms with Crippen LogP contribution in [0.3, 0.4) is 0 Å². The normalized spacial score (nSPS) is 15.1. The van der Waals surface area contributed by atoms with Crippen molar-refractivity contribution in [3.63, 3.8) is 0 Å². The second-order valence-corrected chi connectivity index (χ2v) is 9.76. The first-order valence-electron chi connectivity index (χ1n) is 12.0. The van der Waals surface area contributed by atoms with E-state index in [1.807, 2.05) is 36.5 Å². The molecule has 0 spiro atoms. The highest BCUT2D eigenvalue weighted by atomic mass is 19.4. The van der Waals surface area contributed by atoms with E-state index in [0.717, 1.165) is 34.5 Å². The molecular weight excluding hydrogens is 459 g/mol. The zero-order chi connectivity index (χ0) is 24.9. The van der Waals surface area contributed by atoms with Crippen molar-refractivity contribution in [1.29, 1.82) is 0 Å². The van der Waals surface area contributed by atoms with Gasteiger partial charge in [0.15, 0.2) is 5.65 Å². The monoisotopic (exact) mass is 483 g/mol. The van der Waals surface area contributed by atoms with Crippen LogP contribution < -0.4 is 0 Å². The summed E-state index contributed by atoms with van der Waals surface area (Å²) in [7, 11) is 0. The average molecular weight is 484 g/mol. The molecule has 0 unspecified atom stereocenters. The summed E-state index contributed by atoms with van der Waals surface area (Å²) < 4.78 is 40.9.